The minimum Gasteiger partial charge on any atom is -0.435 e. The molecule has 19 heavy (non-hydrogen) atoms. The Morgan fingerprint density at radius 2 is 1.79 bits per heavy atom. The second-order valence-electron chi connectivity index (χ2n) is 5.19. The van der Waals surface area contributed by atoms with E-state index in [1.54, 1.807) is 12.1 Å². The zero-order valence-electron chi connectivity index (χ0n) is 11.3. The Hall–Kier alpha value is -1.20. The average molecular weight is 270 g/mol. The van der Waals surface area contributed by atoms with E-state index in [0.717, 1.165) is 25.2 Å². The molecule has 1 aromatic rings. The monoisotopic (exact) mass is 270 g/mol. The summed E-state index contributed by atoms with van der Waals surface area (Å²) in [7, 11) is 0. The third-order valence-corrected chi connectivity index (χ3v) is 3.19. The van der Waals surface area contributed by atoms with Crippen LogP contribution in [0.15, 0.2) is 24.3 Å². The molecule has 5 heteroatoms. The van der Waals surface area contributed by atoms with Crippen LogP contribution in [0.2, 0.25) is 0 Å². The highest BCUT2D eigenvalue weighted by Crippen LogP contribution is 2.17. The van der Waals surface area contributed by atoms with Crippen molar-refractivity contribution >= 4 is 0 Å². The van der Waals surface area contributed by atoms with Crippen LogP contribution in [0.4, 0.5) is 8.78 Å². The number of nitrogens with zero attached hydrogens (tertiary/aromatic N) is 1. The molecule has 106 valence electrons. The third kappa shape index (κ3) is 4.44. The second-order valence-corrected chi connectivity index (χ2v) is 5.19. The summed E-state index contributed by atoms with van der Waals surface area (Å²) < 4.78 is 28.4. The normalized spacial score (nSPS) is 24.7. The van der Waals surface area contributed by atoms with Gasteiger partial charge in [0.1, 0.15) is 5.75 Å². The van der Waals surface area contributed by atoms with E-state index in [1.165, 1.54) is 0 Å². The molecule has 1 heterocycles. The third-order valence-electron chi connectivity index (χ3n) is 3.19. The van der Waals surface area contributed by atoms with E-state index in [2.05, 4.69) is 28.8 Å². The number of halogens is 2. The summed E-state index contributed by atoms with van der Waals surface area (Å²) in [6.45, 7) is 4.41. The topological polar surface area (TPSA) is 24.5 Å². The van der Waals surface area contributed by atoms with Crippen LogP contribution in [0, 0.1) is 0 Å². The van der Waals surface area contributed by atoms with Gasteiger partial charge in [-0.25, -0.2) is 0 Å². The van der Waals surface area contributed by atoms with Crippen molar-refractivity contribution in [2.75, 3.05) is 13.1 Å². The molecular formula is C14H20F2N2O. The van der Waals surface area contributed by atoms with Gasteiger partial charge in [-0.05, 0) is 31.5 Å². The molecule has 1 N–H and O–H groups in total. The lowest BCUT2D eigenvalue weighted by Crippen LogP contribution is -2.53. The van der Waals surface area contributed by atoms with Gasteiger partial charge in [0.15, 0.2) is 0 Å². The molecule has 2 unspecified atom stereocenters. The maximum absolute atomic E-state index is 12.0. The minimum absolute atomic E-state index is 0.209. The van der Waals surface area contributed by atoms with Gasteiger partial charge in [0.05, 0.1) is 0 Å². The van der Waals surface area contributed by atoms with Crippen LogP contribution in [0.5, 0.6) is 5.75 Å². The Balaban J connectivity index is 1.92. The lowest BCUT2D eigenvalue weighted by atomic mass is 10.1. The first kappa shape index (κ1) is 14.2. The zero-order chi connectivity index (χ0) is 13.8. The summed E-state index contributed by atoms with van der Waals surface area (Å²) in [5.41, 5.74) is 1.11. The maximum Gasteiger partial charge on any atom is 0.387 e. The summed E-state index contributed by atoms with van der Waals surface area (Å²) >= 11 is 0. The van der Waals surface area contributed by atoms with Crippen molar-refractivity contribution in [3.63, 3.8) is 0 Å². The summed E-state index contributed by atoms with van der Waals surface area (Å²) in [6, 6.07) is 7.83. The fourth-order valence-corrected chi connectivity index (χ4v) is 2.60. The highest BCUT2D eigenvalue weighted by molar-refractivity contribution is 5.27. The van der Waals surface area contributed by atoms with Crippen molar-refractivity contribution < 1.29 is 13.5 Å². The fraction of sp³-hybridized carbons (Fsp3) is 0.571. The summed E-state index contributed by atoms with van der Waals surface area (Å²) in [5.74, 6) is 0.209. The molecule has 0 aliphatic carbocycles. The Labute approximate surface area is 112 Å². The van der Waals surface area contributed by atoms with E-state index >= 15 is 0 Å². The summed E-state index contributed by atoms with van der Waals surface area (Å²) in [6.07, 6.45) is 0. The smallest absolute Gasteiger partial charge is 0.387 e. The highest BCUT2D eigenvalue weighted by atomic mass is 19.3. The lowest BCUT2D eigenvalue weighted by molar-refractivity contribution is -0.0498. The molecular weight excluding hydrogens is 250 g/mol. The molecule has 1 aromatic carbocycles. The number of nitrogens with one attached hydrogen (secondary N) is 1. The second kappa shape index (κ2) is 6.30. The zero-order valence-corrected chi connectivity index (χ0v) is 11.3. The number of hydrogen-bond donors (Lipinski definition) is 1. The van der Waals surface area contributed by atoms with E-state index in [1.807, 2.05) is 12.1 Å². The van der Waals surface area contributed by atoms with Gasteiger partial charge in [0.2, 0.25) is 0 Å². The van der Waals surface area contributed by atoms with E-state index in [0.29, 0.717) is 12.1 Å². The largest absolute Gasteiger partial charge is 0.435 e. The SMILES string of the molecule is CC1CN(Cc2ccc(OC(F)F)cc2)CC(C)N1. The van der Waals surface area contributed by atoms with Crippen LogP contribution < -0.4 is 10.1 Å². The molecule has 2 atom stereocenters. The first-order valence-electron chi connectivity index (χ1n) is 6.55. The highest BCUT2D eigenvalue weighted by Gasteiger charge is 2.20. The van der Waals surface area contributed by atoms with Gasteiger partial charge in [0, 0.05) is 31.7 Å². The van der Waals surface area contributed by atoms with Crippen LogP contribution in [-0.4, -0.2) is 36.7 Å². The quantitative estimate of drug-likeness (QED) is 0.909. The Morgan fingerprint density at radius 3 is 2.32 bits per heavy atom. The molecule has 1 saturated heterocycles. The molecule has 3 nitrogen and oxygen atoms in total. The van der Waals surface area contributed by atoms with Crippen molar-refractivity contribution in [2.45, 2.75) is 39.1 Å². The van der Waals surface area contributed by atoms with Crippen molar-refractivity contribution in [2.24, 2.45) is 0 Å². The molecule has 0 spiro atoms. The van der Waals surface area contributed by atoms with Gasteiger partial charge < -0.3 is 10.1 Å². The van der Waals surface area contributed by atoms with Gasteiger partial charge >= 0.3 is 6.61 Å². The van der Waals surface area contributed by atoms with E-state index < -0.39 is 6.61 Å². The van der Waals surface area contributed by atoms with E-state index in [-0.39, 0.29) is 5.75 Å². The van der Waals surface area contributed by atoms with Crippen LogP contribution in [-0.2, 0) is 6.54 Å². The van der Waals surface area contributed by atoms with Gasteiger partial charge in [-0.1, -0.05) is 12.1 Å². The number of rotatable bonds is 4. The Morgan fingerprint density at radius 1 is 1.21 bits per heavy atom. The van der Waals surface area contributed by atoms with Gasteiger partial charge in [-0.15, -0.1) is 0 Å². The van der Waals surface area contributed by atoms with Gasteiger partial charge in [0.25, 0.3) is 0 Å². The Bertz CT molecular complexity index is 387. The number of alkyl halides is 2. The van der Waals surface area contributed by atoms with Gasteiger partial charge in [-0.2, -0.15) is 8.78 Å². The number of ether oxygens (including phenoxy) is 1. The summed E-state index contributed by atoms with van der Waals surface area (Å²) in [5, 5.41) is 3.48. The Kier molecular flexibility index (Phi) is 4.71. The molecule has 1 aliphatic heterocycles. The number of piperazine rings is 1. The van der Waals surface area contributed by atoms with Gasteiger partial charge in [-0.3, -0.25) is 4.90 Å². The van der Waals surface area contributed by atoms with Crippen molar-refractivity contribution in [3.8, 4) is 5.75 Å². The first-order valence-corrected chi connectivity index (χ1v) is 6.55. The molecule has 2 rings (SSSR count). The molecule has 0 amide bonds. The minimum atomic E-state index is -2.76. The standard InChI is InChI=1S/C14H20F2N2O/c1-10-7-18(8-11(2)17-10)9-12-3-5-13(6-4-12)19-14(15)16/h3-6,10-11,14,17H,7-9H2,1-2H3. The lowest BCUT2D eigenvalue weighted by Gasteiger charge is -2.36. The average Bonchev–Trinajstić information content (AvgIpc) is 2.29. The number of benzene rings is 1. The van der Waals surface area contributed by atoms with Crippen LogP contribution in [0.3, 0.4) is 0 Å². The molecule has 0 saturated carbocycles. The van der Waals surface area contributed by atoms with E-state index in [4.69, 9.17) is 0 Å². The van der Waals surface area contributed by atoms with Crippen molar-refractivity contribution in [1.82, 2.24) is 10.2 Å². The maximum atomic E-state index is 12.0. The van der Waals surface area contributed by atoms with Crippen LogP contribution in [0.25, 0.3) is 0 Å². The van der Waals surface area contributed by atoms with Crippen LogP contribution >= 0.6 is 0 Å². The predicted molar refractivity (Wildman–Crippen MR) is 70.4 cm³/mol. The molecule has 0 radical (unpaired) electrons. The fourth-order valence-electron chi connectivity index (χ4n) is 2.60. The van der Waals surface area contributed by atoms with Crippen molar-refractivity contribution in [3.05, 3.63) is 29.8 Å². The van der Waals surface area contributed by atoms with Crippen molar-refractivity contribution in [1.29, 1.82) is 0 Å². The predicted octanol–water partition coefficient (Wildman–Crippen LogP) is 2.47. The molecule has 1 aliphatic rings. The van der Waals surface area contributed by atoms with Crippen LogP contribution in [0.1, 0.15) is 19.4 Å². The summed E-state index contributed by atoms with van der Waals surface area (Å²) in [4.78, 5) is 2.37. The van der Waals surface area contributed by atoms with E-state index in [9.17, 15) is 8.78 Å². The first-order chi connectivity index (χ1) is 9.02. The number of hydrogen-bond acceptors (Lipinski definition) is 3. The molecule has 1 fully saturated rings. The molecule has 0 aromatic heterocycles. The molecule has 0 bridgehead atoms.